The minimum atomic E-state index is -0.0776. The molecule has 0 aliphatic rings. The van der Waals surface area contributed by atoms with Gasteiger partial charge in [0.1, 0.15) is 0 Å². The Labute approximate surface area is 132 Å². The van der Waals surface area contributed by atoms with Gasteiger partial charge in [0, 0.05) is 37.1 Å². The summed E-state index contributed by atoms with van der Waals surface area (Å²) in [4.78, 5) is 22.4. The molecule has 8 heteroatoms. The third-order valence-corrected chi connectivity index (χ3v) is 3.88. The summed E-state index contributed by atoms with van der Waals surface area (Å²) in [7, 11) is 3.20. The molecule has 0 bridgehead atoms. The van der Waals surface area contributed by atoms with Crippen LogP contribution in [-0.4, -0.2) is 35.2 Å². The number of allylic oxidation sites excluding steroid dienone is 1. The van der Waals surface area contributed by atoms with Crippen molar-refractivity contribution >= 4 is 22.4 Å². The van der Waals surface area contributed by atoms with E-state index in [1.807, 2.05) is 19.1 Å². The predicted octanol–water partition coefficient (Wildman–Crippen LogP) is 2.01. The van der Waals surface area contributed by atoms with E-state index in [2.05, 4.69) is 20.7 Å². The Hall–Kier alpha value is -2.32. The molecule has 0 spiro atoms. The van der Waals surface area contributed by atoms with Crippen molar-refractivity contribution in [3.05, 3.63) is 36.3 Å². The zero-order valence-electron chi connectivity index (χ0n) is 12.6. The summed E-state index contributed by atoms with van der Waals surface area (Å²) in [6, 6.07) is 3.74. The average molecular weight is 319 g/mol. The smallest absolute Gasteiger partial charge is 0.232 e. The van der Waals surface area contributed by atoms with Gasteiger partial charge in [0.2, 0.25) is 11.0 Å². The Morgan fingerprint density at radius 2 is 2.32 bits per heavy atom. The highest BCUT2D eigenvalue weighted by molar-refractivity contribution is 7.18. The van der Waals surface area contributed by atoms with Gasteiger partial charge < -0.3 is 0 Å². The summed E-state index contributed by atoms with van der Waals surface area (Å²) in [5, 5.41) is 9.45. The Morgan fingerprint density at radius 1 is 1.50 bits per heavy atom. The monoisotopic (exact) mass is 319 g/mol. The van der Waals surface area contributed by atoms with Crippen LogP contribution < -0.4 is 10.4 Å². The molecule has 0 aromatic carbocycles. The first-order valence-electron chi connectivity index (χ1n) is 6.58. The second kappa shape index (κ2) is 7.62. The van der Waals surface area contributed by atoms with E-state index in [9.17, 15) is 4.79 Å². The van der Waals surface area contributed by atoms with Gasteiger partial charge >= 0.3 is 0 Å². The zero-order chi connectivity index (χ0) is 15.9. The molecule has 116 valence electrons. The molecule has 0 aliphatic carbocycles. The molecule has 0 saturated heterocycles. The Kier molecular flexibility index (Phi) is 5.56. The fourth-order valence-electron chi connectivity index (χ4n) is 1.64. The molecular formula is C14H17N5O2S. The highest BCUT2D eigenvalue weighted by Crippen LogP contribution is 2.27. The largest absolute Gasteiger partial charge is 0.290 e. The normalized spacial score (nSPS) is 11.3. The van der Waals surface area contributed by atoms with Crippen molar-refractivity contribution in [2.24, 2.45) is 0 Å². The first-order chi connectivity index (χ1) is 10.6. The van der Waals surface area contributed by atoms with E-state index in [1.165, 1.54) is 23.3 Å². The molecule has 0 saturated carbocycles. The number of amides is 1. The number of carbonyl (C=O) groups excluding carboxylic acids is 1. The number of rotatable bonds is 6. The van der Waals surface area contributed by atoms with Crippen molar-refractivity contribution in [1.82, 2.24) is 20.7 Å². The van der Waals surface area contributed by atoms with Crippen LogP contribution in [0.1, 0.15) is 13.3 Å². The molecule has 0 aliphatic heterocycles. The number of carbonyl (C=O) groups is 1. The maximum absolute atomic E-state index is 12.1. The molecule has 7 nitrogen and oxygen atoms in total. The summed E-state index contributed by atoms with van der Waals surface area (Å²) in [5.41, 5.74) is 4.32. The second-order valence-electron chi connectivity index (χ2n) is 4.48. The van der Waals surface area contributed by atoms with Crippen molar-refractivity contribution < 1.29 is 9.63 Å². The van der Waals surface area contributed by atoms with Gasteiger partial charge in [-0.3, -0.25) is 25.0 Å². The molecule has 2 aromatic rings. The van der Waals surface area contributed by atoms with Crippen LogP contribution in [0.2, 0.25) is 0 Å². The van der Waals surface area contributed by atoms with Gasteiger partial charge in [-0.25, -0.2) is 0 Å². The van der Waals surface area contributed by atoms with Gasteiger partial charge in [0.05, 0.1) is 7.11 Å². The molecule has 0 fully saturated rings. The van der Waals surface area contributed by atoms with Gasteiger partial charge in [-0.2, -0.15) is 0 Å². The van der Waals surface area contributed by atoms with Gasteiger partial charge in [-0.15, -0.1) is 10.2 Å². The SMILES string of the molecule is CON/C(C)=C\CC(=O)N(C)c1nnc(-c2cccnc2)s1. The summed E-state index contributed by atoms with van der Waals surface area (Å²) in [6.45, 7) is 1.82. The number of nitrogens with zero attached hydrogens (tertiary/aromatic N) is 4. The van der Waals surface area contributed by atoms with Crippen molar-refractivity contribution in [3.63, 3.8) is 0 Å². The molecule has 2 heterocycles. The Bertz CT molecular complexity index is 656. The lowest BCUT2D eigenvalue weighted by atomic mass is 10.3. The van der Waals surface area contributed by atoms with Crippen LogP contribution in [0.25, 0.3) is 10.6 Å². The molecule has 0 atom stereocenters. The molecular weight excluding hydrogens is 302 g/mol. The molecule has 0 radical (unpaired) electrons. The molecule has 1 amide bonds. The van der Waals surface area contributed by atoms with Crippen LogP contribution in [-0.2, 0) is 9.63 Å². The first kappa shape index (κ1) is 16.1. The van der Waals surface area contributed by atoms with Crippen LogP contribution in [0.4, 0.5) is 5.13 Å². The van der Waals surface area contributed by atoms with Crippen LogP contribution in [0.15, 0.2) is 36.3 Å². The van der Waals surface area contributed by atoms with E-state index in [0.717, 1.165) is 16.3 Å². The van der Waals surface area contributed by atoms with Gasteiger partial charge in [-0.1, -0.05) is 17.4 Å². The van der Waals surface area contributed by atoms with Gasteiger partial charge in [0.15, 0.2) is 5.01 Å². The van der Waals surface area contributed by atoms with Crippen molar-refractivity contribution in [1.29, 1.82) is 0 Å². The minimum absolute atomic E-state index is 0.0776. The number of hydroxylamine groups is 1. The van der Waals surface area contributed by atoms with Crippen LogP contribution >= 0.6 is 11.3 Å². The minimum Gasteiger partial charge on any atom is -0.290 e. The summed E-state index contributed by atoms with van der Waals surface area (Å²) >= 11 is 1.35. The second-order valence-corrected chi connectivity index (χ2v) is 5.44. The lowest BCUT2D eigenvalue weighted by Gasteiger charge is -2.11. The summed E-state index contributed by atoms with van der Waals surface area (Å²) < 4.78 is 0. The summed E-state index contributed by atoms with van der Waals surface area (Å²) in [6.07, 6.45) is 5.42. The lowest BCUT2D eigenvalue weighted by Crippen LogP contribution is -2.25. The number of pyridine rings is 1. The van der Waals surface area contributed by atoms with E-state index in [-0.39, 0.29) is 12.3 Å². The van der Waals surface area contributed by atoms with Crippen molar-refractivity contribution in [2.45, 2.75) is 13.3 Å². The molecule has 2 rings (SSSR count). The molecule has 22 heavy (non-hydrogen) atoms. The number of aromatic nitrogens is 3. The van der Waals surface area contributed by atoms with E-state index >= 15 is 0 Å². The van der Waals surface area contributed by atoms with Crippen LogP contribution in [0.3, 0.4) is 0 Å². The first-order valence-corrected chi connectivity index (χ1v) is 7.39. The number of hydrogen-bond acceptors (Lipinski definition) is 7. The number of hydrogen-bond donors (Lipinski definition) is 1. The zero-order valence-corrected chi connectivity index (χ0v) is 13.4. The van der Waals surface area contributed by atoms with E-state index < -0.39 is 0 Å². The third kappa shape index (κ3) is 4.09. The average Bonchev–Trinajstić information content (AvgIpc) is 3.03. The molecule has 2 aromatic heterocycles. The Morgan fingerprint density at radius 3 is 3.00 bits per heavy atom. The predicted molar refractivity (Wildman–Crippen MR) is 85.1 cm³/mol. The fraction of sp³-hybridized carbons (Fsp3) is 0.286. The Balaban J connectivity index is 2.04. The number of anilines is 1. The van der Waals surface area contributed by atoms with Gasteiger partial charge in [0.25, 0.3) is 0 Å². The van der Waals surface area contributed by atoms with E-state index in [0.29, 0.717) is 5.13 Å². The molecule has 0 unspecified atom stereocenters. The molecule has 1 N–H and O–H groups in total. The summed E-state index contributed by atoms with van der Waals surface area (Å²) in [5.74, 6) is -0.0776. The fourth-order valence-corrected chi connectivity index (χ4v) is 2.46. The highest BCUT2D eigenvalue weighted by atomic mass is 32.1. The van der Waals surface area contributed by atoms with Crippen molar-refractivity contribution in [2.75, 3.05) is 19.1 Å². The van der Waals surface area contributed by atoms with Crippen LogP contribution in [0, 0.1) is 0 Å². The standard InChI is InChI=1S/C14H17N5O2S/c1-10(18-21-3)6-7-12(20)19(2)14-17-16-13(22-14)11-5-4-8-15-9-11/h4-6,8-9,18H,7H2,1-3H3/b10-6-. The van der Waals surface area contributed by atoms with E-state index in [1.54, 1.807) is 25.5 Å². The van der Waals surface area contributed by atoms with Crippen molar-refractivity contribution in [3.8, 4) is 10.6 Å². The van der Waals surface area contributed by atoms with E-state index in [4.69, 9.17) is 4.84 Å². The van der Waals surface area contributed by atoms with Crippen LogP contribution in [0.5, 0.6) is 0 Å². The maximum Gasteiger partial charge on any atom is 0.232 e. The topological polar surface area (TPSA) is 80.2 Å². The highest BCUT2D eigenvalue weighted by Gasteiger charge is 2.15. The number of nitrogens with one attached hydrogen (secondary N) is 1. The van der Waals surface area contributed by atoms with Gasteiger partial charge in [-0.05, 0) is 19.1 Å². The quantitative estimate of drug-likeness (QED) is 0.820. The third-order valence-electron chi connectivity index (χ3n) is 2.83. The maximum atomic E-state index is 12.1. The lowest BCUT2D eigenvalue weighted by molar-refractivity contribution is -0.117.